The Kier molecular flexibility index (Phi) is 5.17. The van der Waals surface area contributed by atoms with Gasteiger partial charge in [-0.25, -0.2) is 0 Å². The standard InChI is InChI=1S/C14H24N2O2/c17-11-12-6-8-16(9-7-12)10-14(18)15-13-4-2-1-3-5-13/h11-13H,1-10H2,(H,15,18). The van der Waals surface area contributed by atoms with Gasteiger partial charge >= 0.3 is 0 Å². The zero-order valence-electron chi connectivity index (χ0n) is 11.1. The van der Waals surface area contributed by atoms with Gasteiger partial charge < -0.3 is 10.1 Å². The van der Waals surface area contributed by atoms with E-state index in [1.165, 1.54) is 19.3 Å². The predicted octanol–water partition coefficient (Wildman–Crippen LogP) is 1.35. The van der Waals surface area contributed by atoms with Crippen LogP contribution < -0.4 is 5.32 Å². The minimum absolute atomic E-state index is 0.159. The number of nitrogens with one attached hydrogen (secondary N) is 1. The second-order valence-electron chi connectivity index (χ2n) is 5.65. The second kappa shape index (κ2) is 6.88. The van der Waals surface area contributed by atoms with Crippen LogP contribution in [-0.2, 0) is 9.59 Å². The zero-order valence-corrected chi connectivity index (χ0v) is 11.1. The first-order chi connectivity index (χ1) is 8.78. The fourth-order valence-electron chi connectivity index (χ4n) is 2.97. The van der Waals surface area contributed by atoms with E-state index in [2.05, 4.69) is 10.2 Å². The highest BCUT2D eigenvalue weighted by atomic mass is 16.2. The highest BCUT2D eigenvalue weighted by molar-refractivity contribution is 5.78. The van der Waals surface area contributed by atoms with E-state index in [-0.39, 0.29) is 11.8 Å². The molecule has 2 aliphatic rings. The molecule has 0 bridgehead atoms. The number of piperidine rings is 1. The lowest BCUT2D eigenvalue weighted by Crippen LogP contribution is -2.45. The van der Waals surface area contributed by atoms with Gasteiger partial charge in [-0.15, -0.1) is 0 Å². The van der Waals surface area contributed by atoms with Crippen LogP contribution in [0, 0.1) is 5.92 Å². The van der Waals surface area contributed by atoms with Crippen LogP contribution >= 0.6 is 0 Å². The van der Waals surface area contributed by atoms with Gasteiger partial charge in [-0.1, -0.05) is 19.3 Å². The maximum absolute atomic E-state index is 11.9. The average molecular weight is 252 g/mol. The number of hydrogen-bond donors (Lipinski definition) is 1. The van der Waals surface area contributed by atoms with E-state index in [0.717, 1.165) is 45.1 Å². The summed E-state index contributed by atoms with van der Waals surface area (Å²) in [5, 5.41) is 3.14. The van der Waals surface area contributed by atoms with Gasteiger partial charge in [-0.3, -0.25) is 9.69 Å². The van der Waals surface area contributed by atoms with E-state index in [1.54, 1.807) is 0 Å². The number of hydrogen-bond acceptors (Lipinski definition) is 3. The maximum atomic E-state index is 11.9. The van der Waals surface area contributed by atoms with Gasteiger partial charge in [0.2, 0.25) is 5.91 Å². The maximum Gasteiger partial charge on any atom is 0.234 e. The van der Waals surface area contributed by atoms with Gasteiger partial charge in [-0.05, 0) is 38.8 Å². The zero-order chi connectivity index (χ0) is 12.8. The molecule has 18 heavy (non-hydrogen) atoms. The van der Waals surface area contributed by atoms with Gasteiger partial charge in [0.1, 0.15) is 6.29 Å². The average Bonchev–Trinajstić information content (AvgIpc) is 2.40. The number of likely N-dealkylation sites (tertiary alicyclic amines) is 1. The number of carbonyl (C=O) groups excluding carboxylic acids is 2. The van der Waals surface area contributed by atoms with Crippen LogP contribution in [0.25, 0.3) is 0 Å². The van der Waals surface area contributed by atoms with E-state index in [1.807, 2.05) is 0 Å². The monoisotopic (exact) mass is 252 g/mol. The van der Waals surface area contributed by atoms with Crippen molar-refractivity contribution in [2.24, 2.45) is 5.92 Å². The first-order valence-corrected chi connectivity index (χ1v) is 7.25. The van der Waals surface area contributed by atoms with Crippen molar-refractivity contribution in [2.75, 3.05) is 19.6 Å². The molecular weight excluding hydrogens is 228 g/mol. The van der Waals surface area contributed by atoms with Crippen molar-refractivity contribution in [3.63, 3.8) is 0 Å². The number of nitrogens with zero attached hydrogens (tertiary/aromatic N) is 1. The molecule has 1 saturated carbocycles. The second-order valence-corrected chi connectivity index (χ2v) is 5.65. The van der Waals surface area contributed by atoms with E-state index in [0.29, 0.717) is 12.6 Å². The topological polar surface area (TPSA) is 49.4 Å². The van der Waals surface area contributed by atoms with Crippen molar-refractivity contribution in [3.05, 3.63) is 0 Å². The van der Waals surface area contributed by atoms with Crippen LogP contribution in [0.15, 0.2) is 0 Å². The van der Waals surface area contributed by atoms with Gasteiger partial charge in [0.05, 0.1) is 6.54 Å². The first-order valence-electron chi connectivity index (χ1n) is 7.25. The van der Waals surface area contributed by atoms with Crippen LogP contribution in [0.4, 0.5) is 0 Å². The summed E-state index contributed by atoms with van der Waals surface area (Å²) in [6.07, 6.45) is 8.94. The van der Waals surface area contributed by atoms with Crippen LogP contribution in [0.1, 0.15) is 44.9 Å². The summed E-state index contributed by atoms with van der Waals surface area (Å²) in [5.74, 6) is 0.370. The Morgan fingerprint density at radius 1 is 1.11 bits per heavy atom. The highest BCUT2D eigenvalue weighted by Crippen LogP contribution is 2.18. The first kappa shape index (κ1) is 13.5. The quantitative estimate of drug-likeness (QED) is 0.768. The molecule has 0 aromatic carbocycles. The lowest BCUT2D eigenvalue weighted by atomic mass is 9.95. The van der Waals surface area contributed by atoms with Crippen molar-refractivity contribution in [1.82, 2.24) is 10.2 Å². The minimum Gasteiger partial charge on any atom is -0.352 e. The molecule has 0 aromatic rings. The fourth-order valence-corrected chi connectivity index (χ4v) is 2.97. The molecule has 1 aliphatic carbocycles. The normalized spacial score (nSPS) is 23.8. The molecular formula is C14H24N2O2. The molecule has 1 heterocycles. The Morgan fingerprint density at radius 2 is 1.78 bits per heavy atom. The summed E-state index contributed by atoms with van der Waals surface area (Å²) < 4.78 is 0. The van der Waals surface area contributed by atoms with Crippen molar-refractivity contribution in [3.8, 4) is 0 Å². The van der Waals surface area contributed by atoms with Gasteiger partial charge in [0, 0.05) is 12.0 Å². The van der Waals surface area contributed by atoms with Gasteiger partial charge in [-0.2, -0.15) is 0 Å². The lowest BCUT2D eigenvalue weighted by Gasteiger charge is -2.30. The molecule has 1 N–H and O–H groups in total. The molecule has 1 saturated heterocycles. The van der Waals surface area contributed by atoms with Crippen molar-refractivity contribution in [1.29, 1.82) is 0 Å². The number of amides is 1. The summed E-state index contributed by atoms with van der Waals surface area (Å²) in [4.78, 5) is 24.7. The Bertz CT molecular complexity index is 280. The molecule has 0 radical (unpaired) electrons. The fraction of sp³-hybridized carbons (Fsp3) is 0.857. The minimum atomic E-state index is 0.159. The third-order valence-electron chi connectivity index (χ3n) is 4.16. The van der Waals surface area contributed by atoms with E-state index in [9.17, 15) is 9.59 Å². The highest BCUT2D eigenvalue weighted by Gasteiger charge is 2.21. The van der Waals surface area contributed by atoms with Crippen molar-refractivity contribution < 1.29 is 9.59 Å². The lowest BCUT2D eigenvalue weighted by molar-refractivity contribution is -0.123. The Morgan fingerprint density at radius 3 is 2.39 bits per heavy atom. The molecule has 4 heteroatoms. The van der Waals surface area contributed by atoms with Crippen molar-refractivity contribution >= 4 is 12.2 Å². The Hall–Kier alpha value is -0.900. The van der Waals surface area contributed by atoms with Crippen LogP contribution in [0.3, 0.4) is 0 Å². The molecule has 2 rings (SSSR count). The van der Waals surface area contributed by atoms with Crippen LogP contribution in [-0.4, -0.2) is 42.8 Å². The predicted molar refractivity (Wildman–Crippen MR) is 70.2 cm³/mol. The molecule has 1 amide bonds. The van der Waals surface area contributed by atoms with Gasteiger partial charge in [0.25, 0.3) is 0 Å². The van der Waals surface area contributed by atoms with Crippen molar-refractivity contribution in [2.45, 2.75) is 51.0 Å². The Balaban J connectivity index is 1.66. The largest absolute Gasteiger partial charge is 0.352 e. The summed E-state index contributed by atoms with van der Waals surface area (Å²) in [6.45, 7) is 2.26. The third kappa shape index (κ3) is 4.09. The number of rotatable bonds is 4. The smallest absolute Gasteiger partial charge is 0.234 e. The summed E-state index contributed by atoms with van der Waals surface area (Å²) in [5.41, 5.74) is 0. The summed E-state index contributed by atoms with van der Waals surface area (Å²) in [6, 6.07) is 0.402. The molecule has 1 aliphatic heterocycles. The van der Waals surface area contributed by atoms with Crippen LogP contribution in [0.2, 0.25) is 0 Å². The van der Waals surface area contributed by atoms with E-state index < -0.39 is 0 Å². The van der Waals surface area contributed by atoms with E-state index >= 15 is 0 Å². The molecule has 0 spiro atoms. The number of carbonyl (C=O) groups is 2. The third-order valence-corrected chi connectivity index (χ3v) is 4.16. The molecule has 0 atom stereocenters. The van der Waals surface area contributed by atoms with Gasteiger partial charge in [0.15, 0.2) is 0 Å². The summed E-state index contributed by atoms with van der Waals surface area (Å²) >= 11 is 0. The molecule has 0 aromatic heterocycles. The summed E-state index contributed by atoms with van der Waals surface area (Å²) in [7, 11) is 0. The SMILES string of the molecule is O=CC1CCN(CC(=O)NC2CCCCC2)CC1. The number of aldehydes is 1. The van der Waals surface area contributed by atoms with Crippen LogP contribution in [0.5, 0.6) is 0 Å². The molecule has 2 fully saturated rings. The van der Waals surface area contributed by atoms with E-state index in [4.69, 9.17) is 0 Å². The molecule has 4 nitrogen and oxygen atoms in total. The molecule has 102 valence electrons. The molecule has 0 unspecified atom stereocenters. The Labute approximate surface area is 109 Å².